The van der Waals surface area contributed by atoms with E-state index in [1.165, 1.54) is 17.0 Å². The lowest BCUT2D eigenvalue weighted by molar-refractivity contribution is -0.123. The molecule has 9 heteroatoms. The molecule has 0 radical (unpaired) electrons. The lowest BCUT2D eigenvalue weighted by Gasteiger charge is -2.15. The van der Waals surface area contributed by atoms with Crippen molar-refractivity contribution >= 4 is 52.2 Å². The molecule has 0 aromatic heterocycles. The smallest absolute Gasteiger partial charge is 0.293 e. The van der Waals surface area contributed by atoms with E-state index >= 15 is 0 Å². The first kappa shape index (κ1) is 25.1. The lowest BCUT2D eigenvalue weighted by Crippen LogP contribution is -2.27. The molecule has 3 aromatic carbocycles. The number of ether oxygens (including phenoxy) is 2. The maximum atomic E-state index is 13.1. The number of hydrogen-bond donors (Lipinski definition) is 0. The number of thioether (sulfide) groups is 1. The van der Waals surface area contributed by atoms with Gasteiger partial charge in [0.1, 0.15) is 12.4 Å². The normalized spacial score (nSPS) is 14.6. The Morgan fingerprint density at radius 1 is 1.00 bits per heavy atom. The van der Waals surface area contributed by atoms with Crippen LogP contribution >= 0.6 is 35.0 Å². The standard InChI is InChI=1S/C26H20Cl2FNO4S/c1-2-33-22-12-18(11-21(28)24(22)34-15-16-6-8-20(29)9-7-16)13-23-25(31)30(26(32)35-23)14-17-4-3-5-19(27)10-17/h3-13H,2,14-15H2,1H3/b23-13-. The van der Waals surface area contributed by atoms with Crippen LogP contribution in [0.25, 0.3) is 6.08 Å². The van der Waals surface area contributed by atoms with E-state index in [1.54, 1.807) is 54.6 Å². The van der Waals surface area contributed by atoms with Gasteiger partial charge in [0, 0.05) is 5.02 Å². The van der Waals surface area contributed by atoms with Gasteiger partial charge in [-0.2, -0.15) is 0 Å². The molecule has 0 bridgehead atoms. The molecule has 1 fully saturated rings. The number of imide groups is 1. The molecule has 180 valence electrons. The van der Waals surface area contributed by atoms with Gasteiger partial charge in [-0.3, -0.25) is 14.5 Å². The first-order valence-corrected chi connectivity index (χ1v) is 12.2. The van der Waals surface area contributed by atoms with E-state index in [0.29, 0.717) is 28.7 Å². The summed E-state index contributed by atoms with van der Waals surface area (Å²) >= 11 is 13.4. The number of halogens is 3. The van der Waals surface area contributed by atoms with Crippen LogP contribution in [0.15, 0.2) is 65.6 Å². The molecule has 1 aliphatic rings. The Morgan fingerprint density at radius 3 is 2.49 bits per heavy atom. The lowest BCUT2D eigenvalue weighted by atomic mass is 10.1. The van der Waals surface area contributed by atoms with Crippen LogP contribution in [0.5, 0.6) is 11.5 Å². The minimum Gasteiger partial charge on any atom is -0.490 e. The van der Waals surface area contributed by atoms with Crippen LogP contribution in [0.3, 0.4) is 0 Å². The van der Waals surface area contributed by atoms with Crippen LogP contribution in [0.1, 0.15) is 23.6 Å². The molecule has 0 unspecified atom stereocenters. The molecule has 1 saturated heterocycles. The summed E-state index contributed by atoms with van der Waals surface area (Å²) in [6.07, 6.45) is 1.60. The van der Waals surface area contributed by atoms with Crippen LogP contribution < -0.4 is 9.47 Å². The highest BCUT2D eigenvalue weighted by Gasteiger charge is 2.35. The summed E-state index contributed by atoms with van der Waals surface area (Å²) in [5.41, 5.74) is 2.11. The van der Waals surface area contributed by atoms with Crippen LogP contribution in [-0.4, -0.2) is 22.7 Å². The average molecular weight is 532 g/mol. The van der Waals surface area contributed by atoms with Crippen molar-refractivity contribution in [3.63, 3.8) is 0 Å². The molecule has 0 atom stereocenters. The maximum Gasteiger partial charge on any atom is 0.293 e. The van der Waals surface area contributed by atoms with E-state index < -0.39 is 5.91 Å². The largest absolute Gasteiger partial charge is 0.490 e. The average Bonchev–Trinajstić information content (AvgIpc) is 3.07. The zero-order chi connectivity index (χ0) is 24.9. The van der Waals surface area contributed by atoms with Crippen LogP contribution in [0.2, 0.25) is 10.0 Å². The number of amides is 2. The third kappa shape index (κ3) is 6.17. The van der Waals surface area contributed by atoms with Gasteiger partial charge in [-0.15, -0.1) is 0 Å². The number of hydrogen-bond acceptors (Lipinski definition) is 5. The van der Waals surface area contributed by atoms with Crippen molar-refractivity contribution in [3.05, 3.63) is 98.1 Å². The first-order chi connectivity index (χ1) is 16.8. The fraction of sp³-hybridized carbons (Fsp3) is 0.154. The quantitative estimate of drug-likeness (QED) is 0.284. The molecular weight excluding hydrogens is 512 g/mol. The Hall–Kier alpha value is -3.00. The fourth-order valence-electron chi connectivity index (χ4n) is 3.42. The molecule has 3 aromatic rings. The number of nitrogens with zero attached hydrogens (tertiary/aromatic N) is 1. The Kier molecular flexibility index (Phi) is 8.00. The van der Waals surface area contributed by atoms with Crippen molar-refractivity contribution in [2.24, 2.45) is 0 Å². The van der Waals surface area contributed by atoms with E-state index in [1.807, 2.05) is 6.92 Å². The molecule has 1 aliphatic heterocycles. The van der Waals surface area contributed by atoms with Crippen molar-refractivity contribution in [2.45, 2.75) is 20.1 Å². The van der Waals surface area contributed by atoms with Crippen molar-refractivity contribution in [3.8, 4) is 11.5 Å². The minimum atomic E-state index is -0.398. The molecule has 4 rings (SSSR count). The molecule has 2 amide bonds. The van der Waals surface area contributed by atoms with Gasteiger partial charge in [0.15, 0.2) is 11.5 Å². The highest BCUT2D eigenvalue weighted by atomic mass is 35.5. The number of carbonyl (C=O) groups is 2. The zero-order valence-electron chi connectivity index (χ0n) is 18.6. The van der Waals surface area contributed by atoms with Crippen molar-refractivity contribution in [1.29, 1.82) is 0 Å². The number of rotatable bonds is 8. The zero-order valence-corrected chi connectivity index (χ0v) is 20.9. The Labute approximate surface area is 216 Å². The third-order valence-electron chi connectivity index (χ3n) is 5.03. The molecule has 1 heterocycles. The summed E-state index contributed by atoms with van der Waals surface area (Å²) in [7, 11) is 0. The molecule has 35 heavy (non-hydrogen) atoms. The van der Waals surface area contributed by atoms with Gasteiger partial charge in [0.2, 0.25) is 0 Å². The van der Waals surface area contributed by atoms with Crippen molar-refractivity contribution in [1.82, 2.24) is 4.90 Å². The number of benzene rings is 3. The van der Waals surface area contributed by atoms with E-state index in [-0.39, 0.29) is 34.1 Å². The van der Waals surface area contributed by atoms with E-state index in [2.05, 4.69) is 0 Å². The van der Waals surface area contributed by atoms with E-state index in [9.17, 15) is 14.0 Å². The third-order valence-corrected chi connectivity index (χ3v) is 6.45. The first-order valence-electron chi connectivity index (χ1n) is 10.7. The Balaban J connectivity index is 1.55. The van der Waals surface area contributed by atoms with Crippen LogP contribution in [-0.2, 0) is 17.9 Å². The molecule has 0 N–H and O–H groups in total. The fourth-order valence-corrected chi connectivity index (χ4v) is 4.74. The van der Waals surface area contributed by atoms with Crippen molar-refractivity contribution in [2.75, 3.05) is 6.61 Å². The van der Waals surface area contributed by atoms with Gasteiger partial charge >= 0.3 is 0 Å². The molecule has 0 spiro atoms. The summed E-state index contributed by atoms with van der Waals surface area (Å²) in [5, 5.41) is 0.448. The summed E-state index contributed by atoms with van der Waals surface area (Å²) in [6.45, 7) is 2.49. The predicted octanol–water partition coefficient (Wildman–Crippen LogP) is 7.35. The van der Waals surface area contributed by atoms with Gasteiger partial charge in [-0.1, -0.05) is 47.5 Å². The summed E-state index contributed by atoms with van der Waals surface area (Å²) in [5.74, 6) is 0.00406. The van der Waals surface area contributed by atoms with Crippen molar-refractivity contribution < 1.29 is 23.5 Å². The molecule has 5 nitrogen and oxygen atoms in total. The Morgan fingerprint density at radius 2 is 1.77 bits per heavy atom. The minimum absolute atomic E-state index is 0.129. The van der Waals surface area contributed by atoms with Gasteiger partial charge in [0.05, 0.1) is 23.1 Å². The van der Waals surface area contributed by atoms with Gasteiger partial charge in [0.25, 0.3) is 11.1 Å². The maximum absolute atomic E-state index is 13.1. The van der Waals surface area contributed by atoms with Crippen LogP contribution in [0, 0.1) is 5.82 Å². The van der Waals surface area contributed by atoms with E-state index in [0.717, 1.165) is 22.9 Å². The second-order valence-corrected chi connectivity index (χ2v) is 9.41. The molecule has 0 aliphatic carbocycles. The molecular formula is C26H20Cl2FNO4S. The second-order valence-electron chi connectivity index (χ2n) is 7.58. The summed E-state index contributed by atoms with van der Waals surface area (Å²) < 4.78 is 24.7. The monoisotopic (exact) mass is 531 g/mol. The highest BCUT2D eigenvalue weighted by Crippen LogP contribution is 2.40. The topological polar surface area (TPSA) is 55.8 Å². The summed E-state index contributed by atoms with van der Waals surface area (Å²) in [4.78, 5) is 26.9. The van der Waals surface area contributed by atoms with Crippen LogP contribution in [0.4, 0.5) is 9.18 Å². The SMILES string of the molecule is CCOc1cc(/C=C2\SC(=O)N(Cc3cccc(Cl)c3)C2=O)cc(Cl)c1OCc1ccc(F)cc1. The number of carbonyl (C=O) groups excluding carboxylic acids is 2. The highest BCUT2D eigenvalue weighted by molar-refractivity contribution is 8.18. The predicted molar refractivity (Wildman–Crippen MR) is 136 cm³/mol. The Bertz CT molecular complexity index is 1300. The van der Waals surface area contributed by atoms with Gasteiger partial charge in [-0.05, 0) is 77.9 Å². The van der Waals surface area contributed by atoms with Gasteiger partial charge in [-0.25, -0.2) is 4.39 Å². The summed E-state index contributed by atoms with van der Waals surface area (Å²) in [6, 6.07) is 16.3. The van der Waals surface area contributed by atoms with Gasteiger partial charge < -0.3 is 9.47 Å². The second kappa shape index (κ2) is 11.2. The van der Waals surface area contributed by atoms with E-state index in [4.69, 9.17) is 32.7 Å². The molecule has 0 saturated carbocycles.